The fourth-order valence-electron chi connectivity index (χ4n) is 0.339. The van der Waals surface area contributed by atoms with Crippen LogP contribution in [0.1, 0.15) is 20.8 Å². The Morgan fingerprint density at radius 2 is 2.25 bits per heavy atom. The highest BCUT2D eigenvalue weighted by Gasteiger charge is 1.94. The van der Waals surface area contributed by atoms with Gasteiger partial charge in [0.2, 0.25) is 0 Å². The maximum Gasteiger partial charge on any atom is 0.0278 e. The third kappa shape index (κ3) is 3.10. The lowest BCUT2D eigenvalue weighted by Crippen LogP contribution is -1.96. The molecular formula is C6H13NS. The predicted molar refractivity (Wildman–Crippen MR) is 40.7 cm³/mol. The Bertz CT molecular complexity index is 78.6. The van der Waals surface area contributed by atoms with Crippen LogP contribution in [0.15, 0.2) is 11.0 Å². The van der Waals surface area contributed by atoms with Crippen LogP contribution in [-0.2, 0) is 0 Å². The van der Waals surface area contributed by atoms with Crippen LogP contribution in [-0.4, -0.2) is 6.54 Å². The SMILES string of the molecule is CC.CC1=CSNC1. The summed E-state index contributed by atoms with van der Waals surface area (Å²) in [6.07, 6.45) is 0. The zero-order valence-electron chi connectivity index (χ0n) is 5.69. The first-order chi connectivity index (χ1) is 3.89. The van der Waals surface area contributed by atoms with E-state index in [1.807, 2.05) is 13.8 Å². The van der Waals surface area contributed by atoms with Crippen LogP contribution in [0.5, 0.6) is 0 Å². The van der Waals surface area contributed by atoms with Crippen LogP contribution < -0.4 is 4.72 Å². The van der Waals surface area contributed by atoms with Crippen LogP contribution in [0.2, 0.25) is 0 Å². The van der Waals surface area contributed by atoms with Crippen LogP contribution >= 0.6 is 11.9 Å². The Hall–Kier alpha value is 0.0500. The van der Waals surface area contributed by atoms with Gasteiger partial charge in [0.1, 0.15) is 0 Å². The molecule has 1 aliphatic rings. The number of hydrogen-bond donors (Lipinski definition) is 1. The summed E-state index contributed by atoms with van der Waals surface area (Å²) in [5.74, 6) is 0. The van der Waals surface area contributed by atoms with E-state index in [4.69, 9.17) is 0 Å². The third-order valence-electron chi connectivity index (χ3n) is 0.694. The average Bonchev–Trinajstić information content (AvgIpc) is 2.24. The summed E-state index contributed by atoms with van der Waals surface area (Å²) in [5.41, 5.74) is 1.43. The van der Waals surface area contributed by atoms with Crippen molar-refractivity contribution in [2.24, 2.45) is 0 Å². The van der Waals surface area contributed by atoms with Gasteiger partial charge in [-0.15, -0.1) is 0 Å². The molecule has 1 nitrogen and oxygen atoms in total. The fraction of sp³-hybridized carbons (Fsp3) is 0.667. The molecule has 0 atom stereocenters. The Morgan fingerprint density at radius 1 is 1.62 bits per heavy atom. The molecule has 1 heterocycles. The normalized spacial score (nSPS) is 16.6. The molecule has 1 N–H and O–H groups in total. The van der Waals surface area contributed by atoms with E-state index < -0.39 is 0 Å². The summed E-state index contributed by atoms with van der Waals surface area (Å²) in [7, 11) is 0. The Morgan fingerprint density at radius 3 is 2.38 bits per heavy atom. The molecule has 1 rings (SSSR count). The molecule has 0 saturated carbocycles. The zero-order valence-corrected chi connectivity index (χ0v) is 6.51. The van der Waals surface area contributed by atoms with Gasteiger partial charge in [-0.3, -0.25) is 4.72 Å². The van der Waals surface area contributed by atoms with E-state index in [1.54, 1.807) is 11.9 Å². The second-order valence-corrected chi connectivity index (χ2v) is 2.16. The second kappa shape index (κ2) is 5.19. The van der Waals surface area contributed by atoms with Gasteiger partial charge in [0.05, 0.1) is 0 Å². The number of nitrogens with one attached hydrogen (secondary N) is 1. The summed E-state index contributed by atoms with van der Waals surface area (Å²) < 4.78 is 3.10. The first kappa shape index (κ1) is 8.05. The number of hydrogen-bond acceptors (Lipinski definition) is 2. The van der Waals surface area contributed by atoms with Crippen molar-refractivity contribution < 1.29 is 0 Å². The molecule has 2 heteroatoms. The monoisotopic (exact) mass is 131 g/mol. The highest BCUT2D eigenvalue weighted by molar-refractivity contribution is 8.00. The Labute approximate surface area is 55.7 Å². The lowest BCUT2D eigenvalue weighted by molar-refractivity contribution is 1.08. The molecule has 0 aromatic rings. The van der Waals surface area contributed by atoms with Crippen molar-refractivity contribution in [1.82, 2.24) is 4.72 Å². The van der Waals surface area contributed by atoms with E-state index >= 15 is 0 Å². The van der Waals surface area contributed by atoms with Crippen LogP contribution in [0.25, 0.3) is 0 Å². The minimum Gasteiger partial charge on any atom is -0.256 e. The molecule has 0 fully saturated rings. The molecule has 8 heavy (non-hydrogen) atoms. The van der Waals surface area contributed by atoms with Gasteiger partial charge < -0.3 is 0 Å². The van der Waals surface area contributed by atoms with Crippen LogP contribution in [0.4, 0.5) is 0 Å². The molecule has 0 radical (unpaired) electrons. The molecule has 0 unspecified atom stereocenters. The van der Waals surface area contributed by atoms with Crippen molar-refractivity contribution in [1.29, 1.82) is 0 Å². The number of rotatable bonds is 0. The standard InChI is InChI=1S/C4H7NS.C2H6/c1-4-2-5-6-3-4;1-2/h3,5H,2H2,1H3;1-2H3. The van der Waals surface area contributed by atoms with Crippen molar-refractivity contribution in [2.45, 2.75) is 20.8 Å². The third-order valence-corrected chi connectivity index (χ3v) is 1.53. The van der Waals surface area contributed by atoms with Crippen LogP contribution in [0.3, 0.4) is 0 Å². The van der Waals surface area contributed by atoms with Gasteiger partial charge in [-0.1, -0.05) is 31.4 Å². The fourth-order valence-corrected chi connectivity index (χ4v) is 1.02. The summed E-state index contributed by atoms with van der Waals surface area (Å²) in [6, 6.07) is 0. The summed E-state index contributed by atoms with van der Waals surface area (Å²) in [6.45, 7) is 7.18. The largest absolute Gasteiger partial charge is 0.256 e. The van der Waals surface area contributed by atoms with Gasteiger partial charge in [-0.25, -0.2) is 0 Å². The molecule has 0 bridgehead atoms. The quantitative estimate of drug-likeness (QED) is 0.506. The van der Waals surface area contributed by atoms with E-state index in [1.165, 1.54) is 5.57 Å². The maximum atomic E-state index is 3.10. The van der Waals surface area contributed by atoms with Crippen molar-refractivity contribution in [3.05, 3.63) is 11.0 Å². The molecule has 0 aromatic heterocycles. The van der Waals surface area contributed by atoms with E-state index in [0.717, 1.165) is 6.54 Å². The highest BCUT2D eigenvalue weighted by Crippen LogP contribution is 2.08. The molecule has 0 aromatic carbocycles. The van der Waals surface area contributed by atoms with E-state index in [-0.39, 0.29) is 0 Å². The highest BCUT2D eigenvalue weighted by atomic mass is 32.2. The Balaban J connectivity index is 0.000000222. The molecule has 0 aliphatic carbocycles. The van der Waals surface area contributed by atoms with Crippen molar-refractivity contribution >= 4 is 11.9 Å². The van der Waals surface area contributed by atoms with Crippen molar-refractivity contribution in [3.8, 4) is 0 Å². The molecule has 0 amide bonds. The lowest BCUT2D eigenvalue weighted by atomic mass is 10.4. The van der Waals surface area contributed by atoms with Gasteiger partial charge >= 0.3 is 0 Å². The second-order valence-electron chi connectivity index (χ2n) is 1.40. The molecule has 48 valence electrons. The summed E-state index contributed by atoms with van der Waals surface area (Å²) in [4.78, 5) is 0. The van der Waals surface area contributed by atoms with Gasteiger partial charge in [0, 0.05) is 6.54 Å². The van der Waals surface area contributed by atoms with Gasteiger partial charge in [0.25, 0.3) is 0 Å². The van der Waals surface area contributed by atoms with Crippen LogP contribution in [0, 0.1) is 0 Å². The minimum absolute atomic E-state index is 1.06. The van der Waals surface area contributed by atoms with Gasteiger partial charge in [-0.2, -0.15) is 0 Å². The first-order valence-corrected chi connectivity index (χ1v) is 3.82. The van der Waals surface area contributed by atoms with E-state index in [0.29, 0.717) is 0 Å². The van der Waals surface area contributed by atoms with Gasteiger partial charge in [0.15, 0.2) is 0 Å². The summed E-state index contributed by atoms with van der Waals surface area (Å²) >= 11 is 1.67. The zero-order chi connectivity index (χ0) is 6.41. The Kier molecular flexibility index (Phi) is 5.22. The van der Waals surface area contributed by atoms with Gasteiger partial charge in [-0.05, 0) is 12.3 Å². The molecule has 1 aliphatic heterocycles. The lowest BCUT2D eigenvalue weighted by Gasteiger charge is -1.81. The summed E-state index contributed by atoms with van der Waals surface area (Å²) in [5, 5.41) is 2.12. The smallest absolute Gasteiger partial charge is 0.0278 e. The maximum absolute atomic E-state index is 3.10. The van der Waals surface area contributed by atoms with Crippen molar-refractivity contribution in [3.63, 3.8) is 0 Å². The molecule has 0 saturated heterocycles. The van der Waals surface area contributed by atoms with E-state index in [9.17, 15) is 0 Å². The first-order valence-electron chi connectivity index (χ1n) is 2.94. The topological polar surface area (TPSA) is 12.0 Å². The van der Waals surface area contributed by atoms with E-state index in [2.05, 4.69) is 17.1 Å². The predicted octanol–water partition coefficient (Wildman–Crippen LogP) is 2.17. The average molecular weight is 131 g/mol. The minimum atomic E-state index is 1.06. The molecule has 0 spiro atoms. The molecular weight excluding hydrogens is 118 g/mol. The van der Waals surface area contributed by atoms with Crippen molar-refractivity contribution in [2.75, 3.05) is 6.54 Å².